The number of hydrazone groups is 1. The molecule has 2 aliphatic heterocycles. The molecule has 6 rings (SSSR count). The van der Waals surface area contributed by atoms with Crippen LogP contribution in [0.25, 0.3) is 0 Å². The Bertz CT molecular complexity index is 1580. The number of phenols is 2. The second kappa shape index (κ2) is 9.37. The van der Waals surface area contributed by atoms with Crippen molar-refractivity contribution in [3.63, 3.8) is 0 Å². The molecule has 0 saturated heterocycles. The van der Waals surface area contributed by atoms with Crippen molar-refractivity contribution in [2.45, 2.75) is 36.1 Å². The van der Waals surface area contributed by atoms with Gasteiger partial charge in [0, 0.05) is 28.8 Å². The van der Waals surface area contributed by atoms with Crippen molar-refractivity contribution >= 4 is 34.7 Å². The molecular formula is C27H23N3O10S. The summed E-state index contributed by atoms with van der Waals surface area (Å²) < 4.78 is 12.0. The molecule has 13 nitrogen and oxygen atoms in total. The lowest BCUT2D eigenvalue weighted by molar-refractivity contribution is -0.130. The third kappa shape index (κ3) is 3.92. The summed E-state index contributed by atoms with van der Waals surface area (Å²) in [5.74, 6) is -0.539. The van der Waals surface area contributed by atoms with Gasteiger partial charge in [-0.2, -0.15) is 5.10 Å². The topological polar surface area (TPSA) is 219 Å². The van der Waals surface area contributed by atoms with Crippen molar-refractivity contribution in [3.8, 4) is 23.0 Å². The number of aliphatic hydroxyl groups excluding tert-OH is 5. The minimum atomic E-state index is -1.87. The van der Waals surface area contributed by atoms with Crippen LogP contribution >= 0.6 is 12.2 Å². The zero-order valence-corrected chi connectivity index (χ0v) is 21.6. The standard InChI is InChI=1S/C27H23N3O10S/c28-26(41)30(29-19-20(33)22(35)24(37)23(36)21(19)34)10-1-4-14-13(7-10)25(38)40-27(14)15-5-2-11(31)8-17(15)39-18-9-12(32)3-6-16(18)27/h1-9,20-24,31-37H,(H2,28,41)/t20-,21+,22-,23-,24?/m1/s1. The lowest BCUT2D eigenvalue weighted by Crippen LogP contribution is -2.62. The molecule has 5 atom stereocenters. The summed E-state index contributed by atoms with van der Waals surface area (Å²) in [6, 6.07) is 13.1. The van der Waals surface area contributed by atoms with E-state index in [1.54, 1.807) is 18.2 Å². The monoisotopic (exact) mass is 581 g/mol. The van der Waals surface area contributed by atoms with Crippen LogP contribution in [0, 0.1) is 0 Å². The van der Waals surface area contributed by atoms with Gasteiger partial charge in [-0.1, -0.05) is 6.07 Å². The molecule has 0 radical (unpaired) electrons. The van der Waals surface area contributed by atoms with Gasteiger partial charge in [-0.3, -0.25) is 0 Å². The lowest BCUT2D eigenvalue weighted by Gasteiger charge is -2.37. The van der Waals surface area contributed by atoms with Gasteiger partial charge in [0.1, 0.15) is 59.2 Å². The van der Waals surface area contributed by atoms with Gasteiger partial charge in [-0.05, 0) is 48.6 Å². The van der Waals surface area contributed by atoms with Crippen LogP contribution in [0.1, 0.15) is 27.0 Å². The Kier molecular flexibility index (Phi) is 6.15. The van der Waals surface area contributed by atoms with Gasteiger partial charge in [0.2, 0.25) is 0 Å². The number of aromatic hydroxyl groups is 2. The van der Waals surface area contributed by atoms with E-state index < -0.39 is 47.8 Å². The quantitative estimate of drug-likeness (QED) is 0.113. The molecule has 3 aliphatic rings. The Labute approximate surface area is 236 Å². The maximum Gasteiger partial charge on any atom is 0.340 e. The number of nitrogens with two attached hydrogens (primary N) is 1. The van der Waals surface area contributed by atoms with Crippen LogP contribution in [-0.2, 0) is 10.3 Å². The van der Waals surface area contributed by atoms with Crippen LogP contribution in [0.3, 0.4) is 0 Å². The van der Waals surface area contributed by atoms with Crippen LogP contribution in [0.5, 0.6) is 23.0 Å². The Hall–Kier alpha value is -4.31. The van der Waals surface area contributed by atoms with Gasteiger partial charge in [-0.25, -0.2) is 9.80 Å². The second-order valence-electron chi connectivity index (χ2n) is 9.80. The summed E-state index contributed by atoms with van der Waals surface area (Å²) in [6.07, 6.45) is -9.29. The molecule has 0 aromatic heterocycles. The smallest absolute Gasteiger partial charge is 0.340 e. The van der Waals surface area contributed by atoms with E-state index in [9.17, 15) is 40.5 Å². The third-order valence-corrected chi connectivity index (χ3v) is 7.55. The molecule has 3 aromatic carbocycles. The largest absolute Gasteiger partial charge is 0.508 e. The highest BCUT2D eigenvalue weighted by Gasteiger charge is 2.54. The number of anilines is 1. The Morgan fingerprint density at radius 2 is 1.37 bits per heavy atom. The number of rotatable bonds is 2. The Morgan fingerprint density at radius 1 is 0.829 bits per heavy atom. The van der Waals surface area contributed by atoms with E-state index >= 15 is 0 Å². The predicted molar refractivity (Wildman–Crippen MR) is 145 cm³/mol. The average Bonchev–Trinajstić information content (AvgIpc) is 3.22. The molecule has 0 bridgehead atoms. The van der Waals surface area contributed by atoms with E-state index in [0.717, 1.165) is 5.01 Å². The first-order valence-electron chi connectivity index (χ1n) is 12.2. The van der Waals surface area contributed by atoms with Crippen LogP contribution < -0.4 is 15.5 Å². The fourth-order valence-corrected chi connectivity index (χ4v) is 5.54. The molecule has 1 unspecified atom stereocenters. The minimum Gasteiger partial charge on any atom is -0.508 e. The number of hydrogen-bond acceptors (Lipinski definition) is 12. The first kappa shape index (κ1) is 26.9. The van der Waals surface area contributed by atoms with E-state index in [-0.39, 0.29) is 39.4 Å². The molecule has 2 heterocycles. The average molecular weight is 582 g/mol. The van der Waals surface area contributed by atoms with E-state index in [2.05, 4.69) is 5.10 Å². The predicted octanol–water partition coefficient (Wildman–Crippen LogP) is -0.110. The molecule has 1 saturated carbocycles. The summed E-state index contributed by atoms with van der Waals surface area (Å²) in [5.41, 5.74) is 5.23. The number of carbonyl (C=O) groups is 1. The number of fused-ring (bicyclic) bond motifs is 6. The molecule has 0 amide bonds. The van der Waals surface area contributed by atoms with Crippen molar-refractivity contribution in [1.29, 1.82) is 0 Å². The fourth-order valence-electron chi connectivity index (χ4n) is 5.39. The van der Waals surface area contributed by atoms with Gasteiger partial charge in [-0.15, -0.1) is 0 Å². The van der Waals surface area contributed by atoms with Crippen LogP contribution in [0.2, 0.25) is 0 Å². The summed E-state index contributed by atoms with van der Waals surface area (Å²) in [4.78, 5) is 13.4. The summed E-state index contributed by atoms with van der Waals surface area (Å²) in [7, 11) is 0. The van der Waals surface area contributed by atoms with Crippen molar-refractivity contribution in [1.82, 2.24) is 0 Å². The van der Waals surface area contributed by atoms with Crippen LogP contribution in [0.15, 0.2) is 59.7 Å². The SMILES string of the molecule is NC(=S)N(N=C1[C@@H](O)[C@@H](O)C(O)[C@H](O)[C@H]1O)c1ccc2c(c1)C(=O)OC21c2ccc(O)cc2Oc2cc(O)ccc21. The van der Waals surface area contributed by atoms with Crippen molar-refractivity contribution < 1.29 is 50.0 Å². The third-order valence-electron chi connectivity index (χ3n) is 7.38. The number of thiocarbonyl (C=S) groups is 1. The highest BCUT2D eigenvalue weighted by Crippen LogP contribution is 2.57. The fraction of sp³-hybridized carbons (Fsp3) is 0.222. The molecule has 212 valence electrons. The molecule has 1 aliphatic carbocycles. The van der Waals surface area contributed by atoms with Crippen LogP contribution in [-0.4, -0.2) is 83.1 Å². The maximum atomic E-state index is 13.4. The maximum absolute atomic E-state index is 13.4. The van der Waals surface area contributed by atoms with Crippen molar-refractivity contribution in [3.05, 3.63) is 76.9 Å². The summed E-state index contributed by atoms with van der Waals surface area (Å²) >= 11 is 5.11. The summed E-state index contributed by atoms with van der Waals surface area (Å²) in [6.45, 7) is 0. The molecule has 1 spiro atoms. The van der Waals surface area contributed by atoms with Gasteiger partial charge >= 0.3 is 5.97 Å². The van der Waals surface area contributed by atoms with Gasteiger partial charge in [0.05, 0.1) is 11.3 Å². The number of hydrogen-bond donors (Lipinski definition) is 8. The van der Waals surface area contributed by atoms with E-state index in [1.165, 1.54) is 36.4 Å². The molecular weight excluding hydrogens is 558 g/mol. The first-order chi connectivity index (χ1) is 19.4. The molecule has 9 N–H and O–H groups in total. The highest BCUT2D eigenvalue weighted by atomic mass is 32.1. The van der Waals surface area contributed by atoms with Gasteiger partial charge < -0.3 is 51.0 Å². The lowest BCUT2D eigenvalue weighted by atomic mass is 9.77. The van der Waals surface area contributed by atoms with Crippen molar-refractivity contribution in [2.24, 2.45) is 10.8 Å². The number of esters is 1. The number of phenolic OH excluding ortho intramolecular Hbond substituents is 2. The minimum absolute atomic E-state index is 0.0733. The van der Waals surface area contributed by atoms with E-state index in [1.807, 2.05) is 0 Å². The van der Waals surface area contributed by atoms with Gasteiger partial charge in [0.15, 0.2) is 10.7 Å². The number of benzene rings is 3. The number of nitrogens with zero attached hydrogens (tertiary/aromatic N) is 2. The Balaban J connectivity index is 1.50. The zero-order valence-electron chi connectivity index (χ0n) is 20.8. The van der Waals surface area contributed by atoms with Gasteiger partial charge in [0.25, 0.3) is 0 Å². The molecule has 3 aromatic rings. The first-order valence-corrected chi connectivity index (χ1v) is 12.7. The molecule has 14 heteroatoms. The van der Waals surface area contributed by atoms with Crippen LogP contribution in [0.4, 0.5) is 5.69 Å². The number of ether oxygens (including phenoxy) is 2. The second-order valence-corrected chi connectivity index (χ2v) is 10.2. The molecule has 1 fully saturated rings. The number of aliphatic hydroxyl groups is 5. The normalized spacial score (nSPS) is 26.5. The van der Waals surface area contributed by atoms with E-state index in [0.29, 0.717) is 16.7 Å². The Morgan fingerprint density at radius 3 is 1.90 bits per heavy atom. The van der Waals surface area contributed by atoms with Crippen molar-refractivity contribution in [2.75, 3.05) is 5.01 Å². The highest BCUT2D eigenvalue weighted by molar-refractivity contribution is 7.80. The number of carbonyl (C=O) groups excluding carboxylic acids is 1. The molecule has 41 heavy (non-hydrogen) atoms. The van der Waals surface area contributed by atoms with E-state index in [4.69, 9.17) is 27.4 Å². The summed E-state index contributed by atoms with van der Waals surface area (Å²) in [5, 5.41) is 75.6. The zero-order chi connectivity index (χ0) is 29.4.